The monoisotopic (exact) mass is 399 g/mol. The number of rotatable bonds is 7. The Kier molecular flexibility index (Phi) is 7.12. The summed E-state index contributed by atoms with van der Waals surface area (Å²) in [5.74, 6) is -0.872. The van der Waals surface area contributed by atoms with E-state index in [4.69, 9.17) is 23.2 Å². The molecule has 0 aromatic heterocycles. The van der Waals surface area contributed by atoms with Crippen LogP contribution in [0.15, 0.2) is 48.5 Å². The molecule has 2 rings (SSSR count). The van der Waals surface area contributed by atoms with E-state index in [0.29, 0.717) is 5.56 Å². The van der Waals surface area contributed by atoms with Crippen LogP contribution < -0.4 is 5.32 Å². The van der Waals surface area contributed by atoms with Crippen molar-refractivity contribution >= 4 is 34.9 Å². The number of hydrogen-bond acceptors (Lipinski definition) is 2. The minimum atomic E-state index is -1.75. The molecular weight excluding hydrogens is 383 g/mol. The van der Waals surface area contributed by atoms with Gasteiger partial charge in [-0.1, -0.05) is 71.7 Å². The molecule has 2 aromatic carbocycles. The minimum absolute atomic E-state index is 0.0254. The molecule has 0 aliphatic rings. The standard InChI is InChI=1S/C19H17Cl2F2NO2/c1-11(25)12-2-4-13(5-3-12)14-6-8-15(9-7-14)17(23)16(10-22)24-19(26)18(20)21/h2-9,16-18H,10H2,1H3,(H,24,26)/t16-,17-/m1/s1. The van der Waals surface area contributed by atoms with E-state index in [2.05, 4.69) is 5.32 Å². The molecule has 2 aromatic rings. The summed E-state index contributed by atoms with van der Waals surface area (Å²) in [7, 11) is 0. The molecular formula is C19H17Cl2F2NO2. The molecule has 1 N–H and O–H groups in total. The molecule has 0 saturated carbocycles. The van der Waals surface area contributed by atoms with Crippen LogP contribution in [0.25, 0.3) is 11.1 Å². The second-order valence-corrected chi connectivity index (χ2v) is 6.82. The number of alkyl halides is 4. The number of benzene rings is 2. The van der Waals surface area contributed by atoms with Gasteiger partial charge in [-0.15, -0.1) is 0 Å². The lowest BCUT2D eigenvalue weighted by atomic mass is 9.98. The molecule has 3 nitrogen and oxygen atoms in total. The molecule has 0 spiro atoms. The molecule has 7 heteroatoms. The summed E-state index contributed by atoms with van der Waals surface area (Å²) in [5, 5.41) is 2.14. The maximum Gasteiger partial charge on any atom is 0.253 e. The summed E-state index contributed by atoms with van der Waals surface area (Å²) in [6.07, 6.45) is -1.75. The zero-order valence-corrected chi connectivity index (χ0v) is 15.4. The van der Waals surface area contributed by atoms with Crippen molar-refractivity contribution in [2.24, 2.45) is 0 Å². The second kappa shape index (κ2) is 9.10. The number of carbonyl (C=O) groups is 2. The third-order valence-corrected chi connectivity index (χ3v) is 4.30. The molecule has 1 amide bonds. The van der Waals surface area contributed by atoms with Crippen LogP contribution in [0.4, 0.5) is 8.78 Å². The SMILES string of the molecule is CC(=O)c1ccc(-c2ccc([C@@H](F)[C@@H](CF)NC(=O)C(Cl)Cl)cc2)cc1. The molecule has 0 bridgehead atoms. The van der Waals surface area contributed by atoms with Crippen molar-refractivity contribution in [2.75, 3.05) is 6.67 Å². The molecule has 0 aliphatic heterocycles. The van der Waals surface area contributed by atoms with Gasteiger partial charge in [0.05, 0.1) is 6.04 Å². The average Bonchev–Trinajstić information content (AvgIpc) is 2.65. The van der Waals surface area contributed by atoms with Crippen LogP contribution in [0.2, 0.25) is 0 Å². The van der Waals surface area contributed by atoms with Gasteiger partial charge in [-0.3, -0.25) is 9.59 Å². The normalized spacial score (nSPS) is 13.3. The van der Waals surface area contributed by atoms with Gasteiger partial charge in [0, 0.05) is 5.56 Å². The molecule has 0 unspecified atom stereocenters. The van der Waals surface area contributed by atoms with Crippen molar-refractivity contribution in [3.05, 3.63) is 59.7 Å². The number of amides is 1. The van der Waals surface area contributed by atoms with E-state index in [9.17, 15) is 18.4 Å². The van der Waals surface area contributed by atoms with E-state index < -0.39 is 29.6 Å². The highest BCUT2D eigenvalue weighted by Crippen LogP contribution is 2.26. The predicted octanol–water partition coefficient (Wildman–Crippen LogP) is 4.82. The van der Waals surface area contributed by atoms with Crippen molar-refractivity contribution in [3.63, 3.8) is 0 Å². The highest BCUT2D eigenvalue weighted by molar-refractivity contribution is 6.53. The molecule has 138 valence electrons. The van der Waals surface area contributed by atoms with Crippen molar-refractivity contribution < 1.29 is 18.4 Å². The molecule has 2 atom stereocenters. The number of Topliss-reactive ketones (excluding diaryl/α,β-unsaturated/α-hetero) is 1. The first kappa shape index (κ1) is 20.3. The Morgan fingerprint density at radius 2 is 1.50 bits per heavy atom. The maximum absolute atomic E-state index is 14.5. The van der Waals surface area contributed by atoms with Crippen LogP contribution in [0.1, 0.15) is 29.0 Å². The first-order valence-corrected chi connectivity index (χ1v) is 8.70. The molecule has 0 aliphatic carbocycles. The largest absolute Gasteiger partial charge is 0.345 e. The quantitative estimate of drug-likeness (QED) is 0.535. The Morgan fingerprint density at radius 1 is 1.00 bits per heavy atom. The van der Waals surface area contributed by atoms with Crippen LogP contribution in [-0.4, -0.2) is 29.2 Å². The lowest BCUT2D eigenvalue weighted by Crippen LogP contribution is -2.42. The fourth-order valence-corrected chi connectivity index (χ4v) is 2.55. The van der Waals surface area contributed by atoms with E-state index >= 15 is 0 Å². The highest BCUT2D eigenvalue weighted by atomic mass is 35.5. The van der Waals surface area contributed by atoms with E-state index in [1.165, 1.54) is 19.1 Å². The van der Waals surface area contributed by atoms with Gasteiger partial charge in [-0.2, -0.15) is 0 Å². The number of ketones is 1. The molecule has 26 heavy (non-hydrogen) atoms. The van der Waals surface area contributed by atoms with Crippen molar-refractivity contribution in [1.82, 2.24) is 5.32 Å². The molecule has 0 heterocycles. The van der Waals surface area contributed by atoms with Crippen LogP contribution in [0.3, 0.4) is 0 Å². The van der Waals surface area contributed by atoms with Crippen LogP contribution in [0.5, 0.6) is 0 Å². The Bertz CT molecular complexity index is 764. The van der Waals surface area contributed by atoms with Gasteiger partial charge in [0.2, 0.25) is 0 Å². The third kappa shape index (κ3) is 5.02. The van der Waals surface area contributed by atoms with E-state index in [1.807, 2.05) is 0 Å². The Balaban J connectivity index is 2.14. The van der Waals surface area contributed by atoms with Gasteiger partial charge < -0.3 is 5.32 Å². The van der Waals surface area contributed by atoms with Gasteiger partial charge in [-0.05, 0) is 23.6 Å². The van der Waals surface area contributed by atoms with E-state index in [0.717, 1.165) is 11.1 Å². The minimum Gasteiger partial charge on any atom is -0.345 e. The molecule has 0 fully saturated rings. The summed E-state index contributed by atoms with van der Waals surface area (Å²) in [5.41, 5.74) is 2.50. The van der Waals surface area contributed by atoms with Crippen LogP contribution in [0, 0.1) is 0 Å². The van der Waals surface area contributed by atoms with Gasteiger partial charge in [0.15, 0.2) is 10.6 Å². The van der Waals surface area contributed by atoms with E-state index in [1.54, 1.807) is 36.4 Å². The third-order valence-electron chi connectivity index (χ3n) is 3.90. The predicted molar refractivity (Wildman–Crippen MR) is 99.1 cm³/mol. The van der Waals surface area contributed by atoms with Gasteiger partial charge in [0.1, 0.15) is 12.8 Å². The van der Waals surface area contributed by atoms with Crippen LogP contribution in [-0.2, 0) is 4.79 Å². The maximum atomic E-state index is 14.5. The van der Waals surface area contributed by atoms with Crippen LogP contribution >= 0.6 is 23.2 Å². The smallest absolute Gasteiger partial charge is 0.253 e. The number of carbonyl (C=O) groups excluding carboxylic acids is 2. The first-order valence-electron chi connectivity index (χ1n) is 7.83. The van der Waals surface area contributed by atoms with Crippen molar-refractivity contribution in [3.8, 4) is 11.1 Å². The number of halogens is 4. The molecule has 0 radical (unpaired) electrons. The Hall–Kier alpha value is -1.98. The van der Waals surface area contributed by atoms with Crippen molar-refractivity contribution in [2.45, 2.75) is 24.0 Å². The zero-order chi connectivity index (χ0) is 19.3. The fraction of sp³-hybridized carbons (Fsp3) is 0.263. The van der Waals surface area contributed by atoms with Gasteiger partial charge in [0.25, 0.3) is 5.91 Å². The summed E-state index contributed by atoms with van der Waals surface area (Å²) < 4.78 is 27.6. The summed E-state index contributed by atoms with van der Waals surface area (Å²) in [6.45, 7) is 0.392. The Labute approximate surface area is 160 Å². The fourth-order valence-electron chi connectivity index (χ4n) is 2.42. The lowest BCUT2D eigenvalue weighted by Gasteiger charge is -2.20. The van der Waals surface area contributed by atoms with E-state index in [-0.39, 0.29) is 11.3 Å². The van der Waals surface area contributed by atoms with Gasteiger partial charge in [-0.25, -0.2) is 8.78 Å². The summed E-state index contributed by atoms with van der Waals surface area (Å²) in [4.78, 5) is 21.3. The van der Waals surface area contributed by atoms with Gasteiger partial charge >= 0.3 is 0 Å². The average molecular weight is 400 g/mol. The molecule has 0 saturated heterocycles. The first-order chi connectivity index (χ1) is 12.3. The second-order valence-electron chi connectivity index (χ2n) is 5.73. The van der Waals surface area contributed by atoms with Crippen molar-refractivity contribution in [1.29, 1.82) is 0 Å². The summed E-state index contributed by atoms with van der Waals surface area (Å²) in [6, 6.07) is 12.1. The number of nitrogens with one attached hydrogen (secondary N) is 1. The number of hydrogen-bond donors (Lipinski definition) is 1. The Morgan fingerprint density at radius 3 is 1.92 bits per heavy atom. The lowest BCUT2D eigenvalue weighted by molar-refractivity contribution is -0.120. The highest BCUT2D eigenvalue weighted by Gasteiger charge is 2.26. The summed E-state index contributed by atoms with van der Waals surface area (Å²) >= 11 is 10.8. The zero-order valence-electron chi connectivity index (χ0n) is 13.9. The topological polar surface area (TPSA) is 46.2 Å².